The Balaban J connectivity index is 1.47. The summed E-state index contributed by atoms with van der Waals surface area (Å²) >= 11 is 0. The molecule has 0 aliphatic heterocycles. The van der Waals surface area contributed by atoms with Gasteiger partial charge in [-0.05, 0) is 104 Å². The summed E-state index contributed by atoms with van der Waals surface area (Å²) in [5.74, 6) is 0.765. The number of hydrogen-bond acceptors (Lipinski definition) is 0. The minimum Gasteiger partial charge on any atom is -0.0830 e. The van der Waals surface area contributed by atoms with Gasteiger partial charge in [-0.2, -0.15) is 0 Å². The van der Waals surface area contributed by atoms with Crippen molar-refractivity contribution in [3.05, 3.63) is 119 Å². The van der Waals surface area contributed by atoms with Crippen molar-refractivity contribution in [2.75, 3.05) is 0 Å². The molecule has 1 unspecified atom stereocenters. The van der Waals surface area contributed by atoms with Gasteiger partial charge in [0.1, 0.15) is 0 Å². The van der Waals surface area contributed by atoms with E-state index in [1.807, 2.05) is 0 Å². The maximum absolute atomic E-state index is 2.56. The molecular formula is C38H45P2. The number of benzene rings is 3. The van der Waals surface area contributed by atoms with E-state index in [-0.39, 0.29) is 7.61 Å². The van der Waals surface area contributed by atoms with Crippen molar-refractivity contribution in [1.29, 1.82) is 0 Å². The first-order valence-electron chi connectivity index (χ1n) is 15.7. The van der Waals surface area contributed by atoms with Crippen molar-refractivity contribution >= 4 is 31.4 Å². The van der Waals surface area contributed by atoms with Crippen LogP contribution in [0.5, 0.6) is 0 Å². The second kappa shape index (κ2) is 13.3. The highest BCUT2D eigenvalue weighted by Gasteiger charge is 2.40. The monoisotopic (exact) mass is 563 g/mol. The topological polar surface area (TPSA) is 0 Å². The van der Waals surface area contributed by atoms with Crippen LogP contribution in [0.2, 0.25) is 0 Å². The largest absolute Gasteiger partial charge is 0.0830 e. The van der Waals surface area contributed by atoms with Gasteiger partial charge in [-0.1, -0.05) is 137 Å². The summed E-state index contributed by atoms with van der Waals surface area (Å²) in [7, 11) is -0.842. The molecule has 207 valence electrons. The van der Waals surface area contributed by atoms with Gasteiger partial charge in [-0.15, -0.1) is 0 Å². The second-order valence-corrected chi connectivity index (χ2v) is 18.2. The second-order valence-electron chi connectivity index (χ2n) is 12.1. The molecule has 0 N–H and O–H groups in total. The van der Waals surface area contributed by atoms with Gasteiger partial charge in [0, 0.05) is 5.66 Å². The van der Waals surface area contributed by atoms with Crippen molar-refractivity contribution in [3.8, 4) is 0 Å². The van der Waals surface area contributed by atoms with E-state index in [4.69, 9.17) is 0 Å². The molecule has 3 aromatic rings. The zero-order chi connectivity index (χ0) is 27.3. The van der Waals surface area contributed by atoms with Gasteiger partial charge < -0.3 is 0 Å². The summed E-state index contributed by atoms with van der Waals surface area (Å²) in [6.45, 7) is 4.66. The molecule has 3 aromatic carbocycles. The third kappa shape index (κ3) is 6.10. The van der Waals surface area contributed by atoms with Crippen molar-refractivity contribution in [1.82, 2.24) is 0 Å². The average molecular weight is 564 g/mol. The van der Waals surface area contributed by atoms with Crippen LogP contribution in [-0.2, 0) is 0 Å². The van der Waals surface area contributed by atoms with E-state index in [9.17, 15) is 0 Å². The molecule has 3 aliphatic carbocycles. The first-order valence-corrected chi connectivity index (χ1v) is 19.2. The summed E-state index contributed by atoms with van der Waals surface area (Å²) in [5, 5.41) is 3.17. The Kier molecular flexibility index (Phi) is 9.37. The lowest BCUT2D eigenvalue weighted by Gasteiger charge is -2.43. The van der Waals surface area contributed by atoms with Crippen LogP contribution in [0.1, 0.15) is 100 Å². The fourth-order valence-corrected chi connectivity index (χ4v) is 16.9. The van der Waals surface area contributed by atoms with Gasteiger partial charge in [0.25, 0.3) is 0 Å². The van der Waals surface area contributed by atoms with Gasteiger partial charge in [0.2, 0.25) is 0 Å². The van der Waals surface area contributed by atoms with Gasteiger partial charge in [0.15, 0.2) is 0 Å². The molecule has 1 radical (unpaired) electrons. The third-order valence-corrected chi connectivity index (χ3v) is 18.0. The fourth-order valence-electron chi connectivity index (χ4n) is 7.31. The third-order valence-electron chi connectivity index (χ3n) is 9.40. The van der Waals surface area contributed by atoms with E-state index >= 15 is 0 Å². The molecule has 0 amide bonds. The zero-order valence-corrected chi connectivity index (χ0v) is 26.3. The lowest BCUT2D eigenvalue weighted by Crippen LogP contribution is -2.22. The quantitative estimate of drug-likeness (QED) is 0.251. The summed E-state index contributed by atoms with van der Waals surface area (Å²) in [6.07, 6.45) is 19.9. The Hall–Kier alpha value is -2.00. The van der Waals surface area contributed by atoms with Gasteiger partial charge >= 0.3 is 0 Å². The molecule has 2 fully saturated rings. The van der Waals surface area contributed by atoms with Crippen LogP contribution in [0.3, 0.4) is 0 Å². The van der Waals surface area contributed by atoms with Crippen molar-refractivity contribution in [2.45, 2.75) is 96.1 Å². The van der Waals surface area contributed by atoms with Crippen molar-refractivity contribution in [2.24, 2.45) is 0 Å². The molecule has 0 heterocycles. The standard InChI is InChI=1S/C38H45P2/c1-29-15-12-13-23-36(29)38-30(2)16-14-24-37(38)40(34-21-10-5-11-22-34)39(33-19-8-4-9-20-33)35-27-25-32(26-28-35)31-17-6-3-7-18-31/h4,8-9,12-16,19-20,23,25-28,31,34H,3,5-7,10-11,17-18,21-22,24H2,1-2H3/t39-,40?/m1/s1. The minimum absolute atomic E-state index is 0.367. The molecule has 6 rings (SSSR count). The highest BCUT2D eigenvalue weighted by Crippen LogP contribution is 2.80. The van der Waals surface area contributed by atoms with E-state index in [2.05, 4.69) is 105 Å². The Morgan fingerprint density at radius 3 is 1.95 bits per heavy atom. The first-order chi connectivity index (χ1) is 19.7. The molecule has 0 spiro atoms. The molecule has 40 heavy (non-hydrogen) atoms. The van der Waals surface area contributed by atoms with Crippen LogP contribution in [0, 0.1) is 12.6 Å². The van der Waals surface area contributed by atoms with Gasteiger partial charge in [-0.25, -0.2) is 0 Å². The highest BCUT2D eigenvalue weighted by atomic mass is 32.1. The average Bonchev–Trinajstić information content (AvgIpc) is 3.02. The minimum atomic E-state index is -0.476. The lowest BCUT2D eigenvalue weighted by molar-refractivity contribution is 0.443. The van der Waals surface area contributed by atoms with Crippen LogP contribution in [-0.4, -0.2) is 5.66 Å². The summed E-state index contributed by atoms with van der Waals surface area (Å²) in [5.41, 5.74) is 10.0. The van der Waals surface area contributed by atoms with E-state index in [0.717, 1.165) is 18.0 Å². The summed E-state index contributed by atoms with van der Waals surface area (Å²) in [6, 6.07) is 30.9. The Bertz CT molecular complexity index is 1310. The zero-order valence-electron chi connectivity index (χ0n) is 24.5. The maximum atomic E-state index is 2.56. The van der Waals surface area contributed by atoms with E-state index in [0.29, 0.717) is 0 Å². The predicted molar refractivity (Wildman–Crippen MR) is 179 cm³/mol. The van der Waals surface area contributed by atoms with Crippen LogP contribution >= 0.6 is 15.2 Å². The summed E-state index contributed by atoms with van der Waals surface area (Å²) < 4.78 is 0. The van der Waals surface area contributed by atoms with E-state index in [1.165, 1.54) is 80.9 Å². The van der Waals surface area contributed by atoms with Crippen molar-refractivity contribution in [3.63, 3.8) is 0 Å². The fraction of sp³-hybridized carbons (Fsp3) is 0.395. The normalized spacial score (nSPS) is 20.9. The van der Waals surface area contributed by atoms with Crippen molar-refractivity contribution < 1.29 is 0 Å². The Labute approximate surface area is 245 Å². The lowest BCUT2D eigenvalue weighted by atomic mass is 9.84. The molecule has 2 saturated carbocycles. The Morgan fingerprint density at radius 1 is 0.625 bits per heavy atom. The molecule has 2 heteroatoms. The predicted octanol–water partition coefficient (Wildman–Crippen LogP) is 11.2. The first kappa shape index (κ1) is 28.1. The van der Waals surface area contributed by atoms with Crippen LogP contribution in [0.4, 0.5) is 0 Å². The molecule has 3 aliphatic rings. The molecular weight excluding hydrogens is 518 g/mol. The van der Waals surface area contributed by atoms with E-state index in [1.54, 1.807) is 27.4 Å². The SMILES string of the molecule is CC1=C(c2ccccc2C)[C](P(C2CCCCC2)[P@](c2ccccc2)c2ccc(C3CCCCC3)cc2)CC=C1. The number of rotatable bonds is 7. The van der Waals surface area contributed by atoms with Crippen LogP contribution in [0.15, 0.2) is 96.6 Å². The Morgan fingerprint density at radius 2 is 1.25 bits per heavy atom. The summed E-state index contributed by atoms with van der Waals surface area (Å²) in [4.78, 5) is 0. The number of aryl methyl sites for hydroxylation is 1. The number of hydrogen-bond donors (Lipinski definition) is 0. The molecule has 0 nitrogen and oxygen atoms in total. The van der Waals surface area contributed by atoms with E-state index < -0.39 is 7.61 Å². The molecule has 0 saturated heterocycles. The van der Waals surface area contributed by atoms with Gasteiger partial charge in [0.05, 0.1) is 0 Å². The number of allylic oxidation sites excluding steroid dienone is 4. The molecule has 0 aromatic heterocycles. The molecule has 2 atom stereocenters. The van der Waals surface area contributed by atoms with Crippen LogP contribution in [0.25, 0.3) is 5.57 Å². The smallest absolute Gasteiger partial charge is 0.0387 e. The maximum Gasteiger partial charge on any atom is 0.0387 e. The highest BCUT2D eigenvalue weighted by molar-refractivity contribution is 8.37. The molecule has 0 bridgehead atoms. The van der Waals surface area contributed by atoms with Crippen LogP contribution < -0.4 is 10.6 Å². The van der Waals surface area contributed by atoms with Gasteiger partial charge in [-0.3, -0.25) is 0 Å².